The number of likely N-dealkylation sites (tertiary alicyclic amines) is 1. The number of amides is 3. The smallest absolute Gasteiger partial charge is 0.321 e. The summed E-state index contributed by atoms with van der Waals surface area (Å²) >= 11 is 5.90. The number of carbonyl (C=O) groups excluding carboxylic acids is 2. The van der Waals surface area contributed by atoms with Crippen LogP contribution in [0.1, 0.15) is 34.7 Å². The molecular formula is C25H23ClFN3O2. The van der Waals surface area contributed by atoms with Gasteiger partial charge < -0.3 is 15.5 Å². The Morgan fingerprint density at radius 2 is 1.62 bits per heavy atom. The average Bonchev–Trinajstić information content (AvgIpc) is 2.82. The Balaban J connectivity index is 1.41. The van der Waals surface area contributed by atoms with Crippen LogP contribution in [0, 0.1) is 5.82 Å². The second kappa shape index (κ2) is 9.83. The molecular weight excluding hydrogens is 429 g/mol. The molecule has 0 spiro atoms. The molecule has 5 nitrogen and oxygen atoms in total. The predicted molar refractivity (Wildman–Crippen MR) is 125 cm³/mol. The first-order valence-corrected chi connectivity index (χ1v) is 10.8. The molecule has 164 valence electrons. The molecule has 3 amide bonds. The van der Waals surface area contributed by atoms with Crippen molar-refractivity contribution in [3.05, 3.63) is 94.8 Å². The standard InChI is InChI=1S/C25H23ClFN3O2/c26-20-6-10-23(11-7-20)29-25(32)30-14-2-5-19(16-30)17-3-1-4-18(15-17)24(31)28-22-12-8-21(27)9-13-22/h1,3-4,6-13,15,19H,2,5,14,16H2,(H,28,31)(H,29,32). The van der Waals surface area contributed by atoms with Gasteiger partial charge in [-0.3, -0.25) is 4.79 Å². The third-order valence-electron chi connectivity index (χ3n) is 5.53. The second-order valence-corrected chi connectivity index (χ2v) is 8.25. The number of urea groups is 1. The Hall–Kier alpha value is -3.38. The van der Waals surface area contributed by atoms with Gasteiger partial charge in [0.05, 0.1) is 0 Å². The van der Waals surface area contributed by atoms with Crippen LogP contribution in [0.2, 0.25) is 5.02 Å². The van der Waals surface area contributed by atoms with Crippen molar-refractivity contribution < 1.29 is 14.0 Å². The number of nitrogens with zero attached hydrogens (tertiary/aromatic N) is 1. The molecule has 3 aromatic rings. The van der Waals surface area contributed by atoms with Gasteiger partial charge in [-0.25, -0.2) is 9.18 Å². The molecule has 1 fully saturated rings. The quantitative estimate of drug-likeness (QED) is 0.500. The SMILES string of the molecule is O=C(Nc1ccc(F)cc1)c1cccc(C2CCCN(C(=O)Nc3ccc(Cl)cc3)C2)c1. The summed E-state index contributed by atoms with van der Waals surface area (Å²) in [5, 5.41) is 6.31. The summed E-state index contributed by atoms with van der Waals surface area (Å²) in [6, 6.07) is 20.0. The highest BCUT2D eigenvalue weighted by Crippen LogP contribution is 2.28. The van der Waals surface area contributed by atoms with Crippen molar-refractivity contribution in [2.45, 2.75) is 18.8 Å². The fraction of sp³-hybridized carbons (Fsp3) is 0.200. The zero-order chi connectivity index (χ0) is 22.5. The summed E-state index contributed by atoms with van der Waals surface area (Å²) in [4.78, 5) is 27.2. The molecule has 32 heavy (non-hydrogen) atoms. The maximum Gasteiger partial charge on any atom is 0.321 e. The van der Waals surface area contributed by atoms with E-state index in [2.05, 4.69) is 10.6 Å². The second-order valence-electron chi connectivity index (χ2n) is 7.81. The molecule has 1 aliphatic rings. The summed E-state index contributed by atoms with van der Waals surface area (Å²) in [7, 11) is 0. The first-order valence-electron chi connectivity index (χ1n) is 10.5. The van der Waals surface area contributed by atoms with Crippen molar-refractivity contribution in [3.8, 4) is 0 Å². The van der Waals surface area contributed by atoms with Crippen LogP contribution < -0.4 is 10.6 Å². The van der Waals surface area contributed by atoms with Crippen LogP contribution in [0.3, 0.4) is 0 Å². The number of anilines is 2. The van der Waals surface area contributed by atoms with Crippen LogP contribution in [-0.2, 0) is 0 Å². The number of hydrogen-bond acceptors (Lipinski definition) is 2. The van der Waals surface area contributed by atoms with Crippen molar-refractivity contribution in [1.82, 2.24) is 4.90 Å². The van der Waals surface area contributed by atoms with E-state index in [1.165, 1.54) is 24.3 Å². The third kappa shape index (κ3) is 5.45. The van der Waals surface area contributed by atoms with Crippen LogP contribution in [-0.4, -0.2) is 29.9 Å². The van der Waals surface area contributed by atoms with Crippen LogP contribution in [0.4, 0.5) is 20.6 Å². The Morgan fingerprint density at radius 1 is 0.938 bits per heavy atom. The zero-order valence-corrected chi connectivity index (χ0v) is 18.1. The topological polar surface area (TPSA) is 61.4 Å². The molecule has 4 rings (SSSR count). The Bertz CT molecular complexity index is 1100. The normalized spacial score (nSPS) is 15.8. The van der Waals surface area contributed by atoms with Crippen LogP contribution in [0.15, 0.2) is 72.8 Å². The number of carbonyl (C=O) groups is 2. The van der Waals surface area contributed by atoms with Crippen molar-refractivity contribution in [3.63, 3.8) is 0 Å². The van der Waals surface area contributed by atoms with Gasteiger partial charge in [0.15, 0.2) is 0 Å². The minimum absolute atomic E-state index is 0.137. The number of halogens is 2. The van der Waals surface area contributed by atoms with E-state index in [-0.39, 0.29) is 23.7 Å². The number of hydrogen-bond donors (Lipinski definition) is 2. The molecule has 0 aromatic heterocycles. The molecule has 1 unspecified atom stereocenters. The van der Waals surface area contributed by atoms with Gasteiger partial charge in [-0.05, 0) is 79.1 Å². The van der Waals surface area contributed by atoms with Crippen molar-refractivity contribution >= 4 is 34.9 Å². The molecule has 2 N–H and O–H groups in total. The van der Waals surface area contributed by atoms with E-state index in [1.807, 2.05) is 18.2 Å². The number of rotatable bonds is 4. The monoisotopic (exact) mass is 451 g/mol. The third-order valence-corrected chi connectivity index (χ3v) is 5.78. The molecule has 1 heterocycles. The molecule has 1 atom stereocenters. The van der Waals surface area contributed by atoms with Crippen molar-refractivity contribution in [2.75, 3.05) is 23.7 Å². The van der Waals surface area contributed by atoms with E-state index in [0.29, 0.717) is 35.1 Å². The van der Waals surface area contributed by atoms with Gasteiger partial charge in [0.25, 0.3) is 5.91 Å². The van der Waals surface area contributed by atoms with E-state index in [4.69, 9.17) is 11.6 Å². The maximum atomic E-state index is 13.1. The minimum Gasteiger partial charge on any atom is -0.324 e. The van der Waals surface area contributed by atoms with Gasteiger partial charge in [0.1, 0.15) is 5.82 Å². The highest BCUT2D eigenvalue weighted by atomic mass is 35.5. The molecule has 0 aliphatic carbocycles. The van der Waals surface area contributed by atoms with Gasteiger partial charge in [-0.2, -0.15) is 0 Å². The van der Waals surface area contributed by atoms with E-state index >= 15 is 0 Å². The highest BCUT2D eigenvalue weighted by molar-refractivity contribution is 6.30. The lowest BCUT2D eigenvalue weighted by Gasteiger charge is -2.33. The predicted octanol–water partition coefficient (Wildman–Crippen LogP) is 6.14. The largest absolute Gasteiger partial charge is 0.324 e. The summed E-state index contributed by atoms with van der Waals surface area (Å²) < 4.78 is 13.1. The number of piperidine rings is 1. The highest BCUT2D eigenvalue weighted by Gasteiger charge is 2.25. The molecule has 0 radical (unpaired) electrons. The molecule has 3 aromatic carbocycles. The number of nitrogens with one attached hydrogen (secondary N) is 2. The summed E-state index contributed by atoms with van der Waals surface area (Å²) in [6.07, 6.45) is 1.82. The van der Waals surface area contributed by atoms with Crippen molar-refractivity contribution in [1.29, 1.82) is 0 Å². The van der Waals surface area contributed by atoms with Crippen LogP contribution >= 0.6 is 11.6 Å². The lowest BCUT2D eigenvalue weighted by Crippen LogP contribution is -2.41. The van der Waals surface area contributed by atoms with E-state index < -0.39 is 0 Å². The van der Waals surface area contributed by atoms with Crippen LogP contribution in [0.5, 0.6) is 0 Å². The lowest BCUT2D eigenvalue weighted by molar-refractivity contribution is 0.102. The van der Waals surface area contributed by atoms with Gasteiger partial charge in [0, 0.05) is 41.0 Å². The Morgan fingerprint density at radius 3 is 2.38 bits per heavy atom. The minimum atomic E-state index is -0.355. The summed E-state index contributed by atoms with van der Waals surface area (Å²) in [5.74, 6) is -0.475. The molecule has 0 saturated carbocycles. The first-order chi connectivity index (χ1) is 15.5. The van der Waals surface area contributed by atoms with Gasteiger partial charge in [-0.1, -0.05) is 23.7 Å². The summed E-state index contributed by atoms with van der Waals surface area (Å²) in [6.45, 7) is 1.25. The molecule has 1 aliphatic heterocycles. The average molecular weight is 452 g/mol. The Labute approximate surface area is 191 Å². The first kappa shape index (κ1) is 21.8. The van der Waals surface area contributed by atoms with Gasteiger partial charge >= 0.3 is 6.03 Å². The molecule has 1 saturated heterocycles. The van der Waals surface area contributed by atoms with E-state index in [1.54, 1.807) is 35.2 Å². The zero-order valence-electron chi connectivity index (χ0n) is 17.4. The molecule has 0 bridgehead atoms. The van der Waals surface area contributed by atoms with E-state index in [0.717, 1.165) is 18.4 Å². The van der Waals surface area contributed by atoms with Crippen molar-refractivity contribution in [2.24, 2.45) is 0 Å². The van der Waals surface area contributed by atoms with Crippen LogP contribution in [0.25, 0.3) is 0 Å². The van der Waals surface area contributed by atoms with Gasteiger partial charge in [-0.15, -0.1) is 0 Å². The van der Waals surface area contributed by atoms with Gasteiger partial charge in [0.2, 0.25) is 0 Å². The fourth-order valence-electron chi connectivity index (χ4n) is 3.84. The maximum absolute atomic E-state index is 13.1. The van der Waals surface area contributed by atoms with E-state index in [9.17, 15) is 14.0 Å². The molecule has 7 heteroatoms. The summed E-state index contributed by atoms with van der Waals surface area (Å²) in [5.41, 5.74) is 2.76. The Kier molecular flexibility index (Phi) is 6.71. The number of benzene rings is 3. The lowest BCUT2D eigenvalue weighted by atomic mass is 9.89. The fourth-order valence-corrected chi connectivity index (χ4v) is 3.97.